The zero-order valence-electron chi connectivity index (χ0n) is 10.7. The van der Waals surface area contributed by atoms with Crippen LogP contribution in [-0.2, 0) is 14.8 Å². The number of carboxylic acid groups (broad SMARTS) is 1. The van der Waals surface area contributed by atoms with Crippen molar-refractivity contribution in [3.63, 3.8) is 0 Å². The first kappa shape index (κ1) is 15.2. The first-order chi connectivity index (χ1) is 9.41. The molecule has 0 aromatic carbocycles. The summed E-state index contributed by atoms with van der Waals surface area (Å²) >= 11 is 5.83. The maximum atomic E-state index is 12.4. The minimum Gasteiger partial charge on any atom is -0.481 e. The molecule has 0 aliphatic carbocycles. The SMILES string of the molecule is O=C(O)CC1CCN(S(=O)(=O)c2cccnc2Cl)CC1. The van der Waals surface area contributed by atoms with Gasteiger partial charge in [0.15, 0.2) is 0 Å². The molecule has 8 heteroatoms. The lowest BCUT2D eigenvalue weighted by atomic mass is 9.95. The summed E-state index contributed by atoms with van der Waals surface area (Å²) < 4.78 is 26.2. The van der Waals surface area contributed by atoms with Crippen molar-refractivity contribution in [3.8, 4) is 0 Å². The molecule has 0 radical (unpaired) electrons. The van der Waals surface area contributed by atoms with Gasteiger partial charge in [-0.05, 0) is 30.9 Å². The van der Waals surface area contributed by atoms with Crippen molar-refractivity contribution in [2.24, 2.45) is 5.92 Å². The zero-order chi connectivity index (χ0) is 14.8. The molecule has 2 rings (SSSR count). The third kappa shape index (κ3) is 3.28. The summed E-state index contributed by atoms with van der Waals surface area (Å²) in [6.45, 7) is 0.622. The van der Waals surface area contributed by atoms with Gasteiger partial charge in [-0.25, -0.2) is 13.4 Å². The number of hydrogen-bond acceptors (Lipinski definition) is 4. The monoisotopic (exact) mass is 318 g/mol. The topological polar surface area (TPSA) is 87.6 Å². The van der Waals surface area contributed by atoms with E-state index in [-0.39, 0.29) is 22.4 Å². The Morgan fingerprint density at radius 3 is 2.65 bits per heavy atom. The molecule has 1 saturated heterocycles. The van der Waals surface area contributed by atoms with Gasteiger partial charge in [0, 0.05) is 25.7 Å². The first-order valence-corrected chi connectivity index (χ1v) is 8.05. The second-order valence-corrected chi connectivity index (χ2v) is 7.00. The van der Waals surface area contributed by atoms with E-state index >= 15 is 0 Å². The predicted molar refractivity (Wildman–Crippen MR) is 73.0 cm³/mol. The van der Waals surface area contributed by atoms with Crippen LogP contribution in [0.15, 0.2) is 23.2 Å². The van der Waals surface area contributed by atoms with E-state index in [9.17, 15) is 13.2 Å². The second kappa shape index (κ2) is 6.07. The molecule has 1 aliphatic heterocycles. The number of nitrogens with zero attached hydrogens (tertiary/aromatic N) is 2. The Morgan fingerprint density at radius 1 is 1.45 bits per heavy atom. The van der Waals surface area contributed by atoms with Crippen LogP contribution in [0.2, 0.25) is 5.15 Å². The van der Waals surface area contributed by atoms with Gasteiger partial charge in [-0.1, -0.05) is 11.6 Å². The van der Waals surface area contributed by atoms with Crippen LogP contribution in [0, 0.1) is 5.92 Å². The van der Waals surface area contributed by atoms with Gasteiger partial charge < -0.3 is 5.11 Å². The lowest BCUT2D eigenvalue weighted by molar-refractivity contribution is -0.138. The van der Waals surface area contributed by atoms with Crippen molar-refractivity contribution in [2.45, 2.75) is 24.2 Å². The number of sulfonamides is 1. The third-order valence-corrected chi connectivity index (χ3v) is 5.72. The van der Waals surface area contributed by atoms with Gasteiger partial charge in [0.25, 0.3) is 0 Å². The van der Waals surface area contributed by atoms with Crippen LogP contribution in [0.4, 0.5) is 0 Å². The highest BCUT2D eigenvalue weighted by molar-refractivity contribution is 7.89. The van der Waals surface area contributed by atoms with Crippen molar-refractivity contribution in [1.82, 2.24) is 9.29 Å². The van der Waals surface area contributed by atoms with E-state index < -0.39 is 16.0 Å². The van der Waals surface area contributed by atoms with Gasteiger partial charge in [-0.2, -0.15) is 4.31 Å². The van der Waals surface area contributed by atoms with Crippen LogP contribution in [-0.4, -0.2) is 41.9 Å². The van der Waals surface area contributed by atoms with Gasteiger partial charge in [-0.3, -0.25) is 4.79 Å². The van der Waals surface area contributed by atoms with Crippen LogP contribution in [0.5, 0.6) is 0 Å². The van der Waals surface area contributed by atoms with Crippen molar-refractivity contribution in [2.75, 3.05) is 13.1 Å². The molecule has 0 bridgehead atoms. The largest absolute Gasteiger partial charge is 0.481 e. The molecule has 6 nitrogen and oxygen atoms in total. The molecule has 1 aromatic rings. The molecule has 0 saturated carbocycles. The maximum Gasteiger partial charge on any atom is 0.303 e. The summed E-state index contributed by atoms with van der Waals surface area (Å²) in [5.41, 5.74) is 0. The smallest absolute Gasteiger partial charge is 0.303 e. The number of carboxylic acids is 1. The number of pyridine rings is 1. The number of carbonyl (C=O) groups is 1. The van der Waals surface area contributed by atoms with Gasteiger partial charge in [-0.15, -0.1) is 0 Å². The minimum absolute atomic E-state index is 0.00153. The average molecular weight is 319 g/mol. The van der Waals surface area contributed by atoms with E-state index in [4.69, 9.17) is 16.7 Å². The van der Waals surface area contributed by atoms with Gasteiger partial charge in [0.05, 0.1) is 0 Å². The Kier molecular flexibility index (Phi) is 4.62. The first-order valence-electron chi connectivity index (χ1n) is 6.23. The average Bonchev–Trinajstić information content (AvgIpc) is 2.39. The third-order valence-electron chi connectivity index (χ3n) is 3.38. The Bertz CT molecular complexity index is 597. The Hall–Kier alpha value is -1.18. The fraction of sp³-hybridized carbons (Fsp3) is 0.500. The summed E-state index contributed by atoms with van der Waals surface area (Å²) in [4.78, 5) is 14.4. The number of halogens is 1. The van der Waals surface area contributed by atoms with Crippen molar-refractivity contribution >= 4 is 27.6 Å². The molecule has 0 atom stereocenters. The summed E-state index contributed by atoms with van der Waals surface area (Å²) in [5.74, 6) is -0.815. The molecular formula is C12H15ClN2O4S. The highest BCUT2D eigenvalue weighted by Gasteiger charge is 2.31. The summed E-state index contributed by atoms with van der Waals surface area (Å²) in [6, 6.07) is 2.95. The van der Waals surface area contributed by atoms with Crippen LogP contribution >= 0.6 is 11.6 Å². The van der Waals surface area contributed by atoms with Crippen molar-refractivity contribution in [3.05, 3.63) is 23.5 Å². The lowest BCUT2D eigenvalue weighted by Crippen LogP contribution is -2.39. The fourth-order valence-electron chi connectivity index (χ4n) is 2.30. The van der Waals surface area contributed by atoms with Gasteiger partial charge >= 0.3 is 5.97 Å². The Balaban J connectivity index is 2.10. The molecule has 0 unspecified atom stereocenters. The summed E-state index contributed by atoms with van der Waals surface area (Å²) in [6.07, 6.45) is 2.61. The van der Waals surface area contributed by atoms with Crippen LogP contribution in [0.25, 0.3) is 0 Å². The van der Waals surface area contributed by atoms with E-state index in [0.717, 1.165) is 0 Å². The predicted octanol–water partition coefficient (Wildman–Crippen LogP) is 1.61. The number of piperidine rings is 1. The van der Waals surface area contributed by atoms with Crippen molar-refractivity contribution < 1.29 is 18.3 Å². The van der Waals surface area contributed by atoms with E-state index in [2.05, 4.69) is 4.98 Å². The molecule has 1 aromatic heterocycles. The molecule has 1 aliphatic rings. The quantitative estimate of drug-likeness (QED) is 0.852. The van der Waals surface area contributed by atoms with Gasteiger partial charge in [0.1, 0.15) is 10.0 Å². The second-order valence-electron chi connectivity index (χ2n) is 4.74. The van der Waals surface area contributed by atoms with E-state index in [0.29, 0.717) is 25.9 Å². The highest BCUT2D eigenvalue weighted by atomic mass is 35.5. The fourth-order valence-corrected chi connectivity index (χ4v) is 4.20. The number of aromatic nitrogens is 1. The van der Waals surface area contributed by atoms with Crippen LogP contribution in [0.1, 0.15) is 19.3 Å². The zero-order valence-corrected chi connectivity index (χ0v) is 12.3. The lowest BCUT2D eigenvalue weighted by Gasteiger charge is -2.30. The standard InChI is InChI=1S/C12H15ClN2O4S/c13-12-10(2-1-5-14-12)20(18,19)15-6-3-9(4-7-15)8-11(16)17/h1-2,5,9H,3-4,6-8H2,(H,16,17). The molecule has 110 valence electrons. The molecule has 1 fully saturated rings. The van der Waals surface area contributed by atoms with E-state index in [1.807, 2.05) is 0 Å². The van der Waals surface area contributed by atoms with Gasteiger partial charge in [0.2, 0.25) is 10.0 Å². The molecule has 0 amide bonds. The maximum absolute atomic E-state index is 12.4. The molecule has 0 spiro atoms. The normalized spacial score (nSPS) is 18.1. The molecule has 2 heterocycles. The summed E-state index contributed by atoms with van der Waals surface area (Å²) in [7, 11) is -3.65. The molecular weight excluding hydrogens is 304 g/mol. The van der Waals surface area contributed by atoms with E-state index in [1.165, 1.54) is 22.6 Å². The highest BCUT2D eigenvalue weighted by Crippen LogP contribution is 2.27. The molecule has 1 N–H and O–H groups in total. The van der Waals surface area contributed by atoms with Crippen LogP contribution < -0.4 is 0 Å². The molecule has 20 heavy (non-hydrogen) atoms. The van der Waals surface area contributed by atoms with Crippen molar-refractivity contribution in [1.29, 1.82) is 0 Å². The number of hydrogen-bond donors (Lipinski definition) is 1. The summed E-state index contributed by atoms with van der Waals surface area (Å²) in [5, 5.41) is 8.71. The number of aliphatic carboxylic acids is 1. The minimum atomic E-state index is -3.65. The Morgan fingerprint density at radius 2 is 2.10 bits per heavy atom. The van der Waals surface area contributed by atoms with Crippen LogP contribution in [0.3, 0.4) is 0 Å². The van der Waals surface area contributed by atoms with E-state index in [1.54, 1.807) is 0 Å². The Labute approximate surface area is 122 Å². The number of rotatable bonds is 4.